The molecule has 1 atom stereocenters. The van der Waals surface area contributed by atoms with Crippen molar-refractivity contribution in [2.45, 2.75) is 19.2 Å². The van der Waals surface area contributed by atoms with Gasteiger partial charge in [-0.3, -0.25) is 9.69 Å². The van der Waals surface area contributed by atoms with Crippen molar-refractivity contribution in [1.29, 1.82) is 0 Å². The molecular weight excluding hydrogens is 304 g/mol. The van der Waals surface area contributed by atoms with Crippen LogP contribution in [0, 0.1) is 0 Å². The van der Waals surface area contributed by atoms with E-state index >= 15 is 0 Å². The van der Waals surface area contributed by atoms with Crippen molar-refractivity contribution in [3.8, 4) is 0 Å². The maximum absolute atomic E-state index is 12.4. The highest BCUT2D eigenvalue weighted by Gasteiger charge is 2.13. The summed E-state index contributed by atoms with van der Waals surface area (Å²) in [5, 5.41) is 18.7. The van der Waals surface area contributed by atoms with E-state index in [4.69, 9.17) is 0 Å². The first-order chi connectivity index (χ1) is 11.6. The number of fused-ring (bicyclic) bond motifs is 1. The summed E-state index contributed by atoms with van der Waals surface area (Å²) in [5.74, 6) is 0. The van der Waals surface area contributed by atoms with Gasteiger partial charge in [0.2, 0.25) is 0 Å². The Kier molecular flexibility index (Phi) is 4.98. The minimum absolute atomic E-state index is 0.121. The van der Waals surface area contributed by atoms with Gasteiger partial charge in [0.25, 0.3) is 5.56 Å². The normalized spacial score (nSPS) is 12.6. The van der Waals surface area contributed by atoms with E-state index in [0.717, 1.165) is 6.54 Å². The number of hydrogen-bond acceptors (Lipinski definition) is 5. The minimum Gasteiger partial charge on any atom is -0.390 e. The molecule has 0 aliphatic carbocycles. The summed E-state index contributed by atoms with van der Waals surface area (Å²) in [6.45, 7) is 1.29. The Morgan fingerprint density at radius 2 is 1.83 bits per heavy atom. The van der Waals surface area contributed by atoms with Gasteiger partial charge in [-0.15, -0.1) is 5.10 Å². The van der Waals surface area contributed by atoms with Gasteiger partial charge in [-0.1, -0.05) is 47.7 Å². The largest absolute Gasteiger partial charge is 0.390 e. The Balaban J connectivity index is 1.65. The van der Waals surface area contributed by atoms with Gasteiger partial charge in [-0.2, -0.15) is 0 Å². The number of aromatic nitrogens is 3. The molecule has 3 aromatic rings. The van der Waals surface area contributed by atoms with Crippen LogP contribution >= 0.6 is 0 Å². The molecule has 0 aliphatic rings. The zero-order chi connectivity index (χ0) is 16.9. The van der Waals surface area contributed by atoms with Gasteiger partial charge < -0.3 is 5.11 Å². The first-order valence-corrected chi connectivity index (χ1v) is 7.86. The first kappa shape index (κ1) is 16.3. The molecule has 0 fully saturated rings. The van der Waals surface area contributed by atoms with Crippen molar-refractivity contribution in [3.05, 3.63) is 70.5 Å². The molecule has 24 heavy (non-hydrogen) atoms. The van der Waals surface area contributed by atoms with Gasteiger partial charge >= 0.3 is 0 Å². The van der Waals surface area contributed by atoms with Gasteiger partial charge in [-0.05, 0) is 24.7 Å². The molecule has 1 aromatic heterocycles. The molecule has 1 heterocycles. The SMILES string of the molecule is CN(Cc1ccccc1)CC(O)Cn1nnc2ccccc2c1=O. The van der Waals surface area contributed by atoms with Gasteiger partial charge in [0.05, 0.1) is 18.0 Å². The average molecular weight is 324 g/mol. The molecule has 1 N–H and O–H groups in total. The molecule has 124 valence electrons. The number of nitrogens with zero attached hydrogens (tertiary/aromatic N) is 4. The second-order valence-corrected chi connectivity index (χ2v) is 5.93. The third kappa shape index (κ3) is 3.84. The zero-order valence-electron chi connectivity index (χ0n) is 13.5. The lowest BCUT2D eigenvalue weighted by molar-refractivity contribution is 0.101. The summed E-state index contributed by atoms with van der Waals surface area (Å²) in [7, 11) is 1.94. The Morgan fingerprint density at radius 3 is 2.62 bits per heavy atom. The molecule has 2 aromatic carbocycles. The number of likely N-dealkylation sites (N-methyl/N-ethyl adjacent to an activating group) is 1. The highest BCUT2D eigenvalue weighted by molar-refractivity contribution is 5.76. The van der Waals surface area contributed by atoms with Crippen LogP contribution in [-0.4, -0.2) is 44.7 Å². The van der Waals surface area contributed by atoms with Crippen molar-refractivity contribution in [1.82, 2.24) is 19.9 Å². The summed E-state index contributed by atoms with van der Waals surface area (Å²) in [6, 6.07) is 17.1. The third-order valence-electron chi connectivity index (χ3n) is 3.83. The van der Waals surface area contributed by atoms with Crippen LogP contribution in [0.25, 0.3) is 10.9 Å². The topological polar surface area (TPSA) is 71.2 Å². The van der Waals surface area contributed by atoms with Gasteiger partial charge in [0, 0.05) is 13.1 Å². The maximum Gasteiger partial charge on any atom is 0.277 e. The number of aliphatic hydroxyl groups is 1. The number of aliphatic hydroxyl groups excluding tert-OH is 1. The summed E-state index contributed by atoms with van der Waals surface area (Å²) in [4.78, 5) is 14.4. The standard InChI is InChI=1S/C18H20N4O2/c1-21(11-14-7-3-2-4-8-14)12-15(23)13-22-18(24)16-9-5-6-10-17(16)19-20-22/h2-10,15,23H,11-13H2,1H3. The van der Waals surface area contributed by atoms with E-state index in [-0.39, 0.29) is 12.1 Å². The molecule has 0 saturated carbocycles. The molecule has 6 heteroatoms. The van der Waals surface area contributed by atoms with E-state index in [2.05, 4.69) is 10.3 Å². The molecule has 0 radical (unpaired) electrons. The Hall–Kier alpha value is -2.57. The second-order valence-electron chi connectivity index (χ2n) is 5.93. The monoisotopic (exact) mass is 324 g/mol. The average Bonchev–Trinajstić information content (AvgIpc) is 2.58. The van der Waals surface area contributed by atoms with E-state index in [1.54, 1.807) is 18.2 Å². The molecule has 6 nitrogen and oxygen atoms in total. The highest BCUT2D eigenvalue weighted by atomic mass is 16.3. The van der Waals surface area contributed by atoms with Crippen molar-refractivity contribution >= 4 is 10.9 Å². The molecular formula is C18H20N4O2. The molecule has 0 aliphatic heterocycles. The van der Waals surface area contributed by atoms with Crippen LogP contribution in [0.4, 0.5) is 0 Å². The van der Waals surface area contributed by atoms with E-state index in [1.807, 2.05) is 48.3 Å². The minimum atomic E-state index is -0.702. The Labute approximate surface area is 140 Å². The lowest BCUT2D eigenvalue weighted by Crippen LogP contribution is -2.36. The van der Waals surface area contributed by atoms with Crippen molar-refractivity contribution in [2.75, 3.05) is 13.6 Å². The van der Waals surface area contributed by atoms with Crippen molar-refractivity contribution in [2.24, 2.45) is 0 Å². The van der Waals surface area contributed by atoms with Crippen LogP contribution in [-0.2, 0) is 13.1 Å². The summed E-state index contributed by atoms with van der Waals surface area (Å²) in [6.07, 6.45) is -0.702. The van der Waals surface area contributed by atoms with Crippen LogP contribution in [0.2, 0.25) is 0 Å². The molecule has 3 rings (SSSR count). The number of benzene rings is 2. The van der Waals surface area contributed by atoms with E-state index in [0.29, 0.717) is 17.4 Å². The predicted octanol–water partition coefficient (Wildman–Crippen LogP) is 1.28. The second kappa shape index (κ2) is 7.33. The molecule has 0 saturated heterocycles. The van der Waals surface area contributed by atoms with Crippen LogP contribution < -0.4 is 5.56 Å². The summed E-state index contributed by atoms with van der Waals surface area (Å²) < 4.78 is 1.23. The number of hydrogen-bond donors (Lipinski definition) is 1. The van der Waals surface area contributed by atoms with Gasteiger partial charge in [0.15, 0.2) is 0 Å². The van der Waals surface area contributed by atoms with Crippen LogP contribution in [0.3, 0.4) is 0 Å². The quantitative estimate of drug-likeness (QED) is 0.740. The molecule has 0 amide bonds. The van der Waals surface area contributed by atoms with Gasteiger partial charge in [0.1, 0.15) is 5.52 Å². The van der Waals surface area contributed by atoms with E-state index < -0.39 is 6.10 Å². The fraction of sp³-hybridized carbons (Fsp3) is 0.278. The zero-order valence-corrected chi connectivity index (χ0v) is 13.5. The third-order valence-corrected chi connectivity index (χ3v) is 3.83. The fourth-order valence-electron chi connectivity index (χ4n) is 2.72. The first-order valence-electron chi connectivity index (χ1n) is 7.86. The molecule has 1 unspecified atom stereocenters. The maximum atomic E-state index is 12.4. The van der Waals surface area contributed by atoms with E-state index in [1.165, 1.54) is 10.2 Å². The summed E-state index contributed by atoms with van der Waals surface area (Å²) in [5.41, 5.74) is 1.51. The number of rotatable bonds is 6. The van der Waals surface area contributed by atoms with E-state index in [9.17, 15) is 9.90 Å². The molecule has 0 spiro atoms. The predicted molar refractivity (Wildman–Crippen MR) is 92.6 cm³/mol. The lowest BCUT2D eigenvalue weighted by atomic mass is 10.2. The highest BCUT2D eigenvalue weighted by Crippen LogP contribution is 2.05. The van der Waals surface area contributed by atoms with Crippen LogP contribution in [0.5, 0.6) is 0 Å². The molecule has 0 bridgehead atoms. The van der Waals surface area contributed by atoms with Crippen LogP contribution in [0.1, 0.15) is 5.56 Å². The fourth-order valence-corrected chi connectivity index (χ4v) is 2.72. The van der Waals surface area contributed by atoms with Gasteiger partial charge in [-0.25, -0.2) is 4.68 Å². The Bertz CT molecular complexity index is 864. The van der Waals surface area contributed by atoms with Crippen LogP contribution in [0.15, 0.2) is 59.4 Å². The summed E-state index contributed by atoms with van der Waals surface area (Å²) >= 11 is 0. The Morgan fingerprint density at radius 1 is 1.12 bits per heavy atom. The van der Waals surface area contributed by atoms with Crippen molar-refractivity contribution < 1.29 is 5.11 Å². The smallest absolute Gasteiger partial charge is 0.277 e. The lowest BCUT2D eigenvalue weighted by Gasteiger charge is -2.20. The van der Waals surface area contributed by atoms with Crippen molar-refractivity contribution in [3.63, 3.8) is 0 Å².